The number of rotatable bonds is 6. The average Bonchev–Trinajstić information content (AvgIpc) is 3.32. The molecule has 0 saturated carbocycles. The van der Waals surface area contributed by atoms with Gasteiger partial charge in [-0.1, -0.05) is 42.5 Å². The summed E-state index contributed by atoms with van der Waals surface area (Å²) in [5.74, 6) is 0.933. The minimum atomic E-state index is -0.0684. The van der Waals surface area contributed by atoms with Crippen LogP contribution in [0.3, 0.4) is 0 Å². The molecule has 3 aromatic rings. The van der Waals surface area contributed by atoms with Gasteiger partial charge in [0.05, 0.1) is 19.3 Å². The van der Waals surface area contributed by atoms with Crippen LogP contribution in [0.1, 0.15) is 45.2 Å². The maximum absolute atomic E-state index is 12.6. The van der Waals surface area contributed by atoms with E-state index in [1.807, 2.05) is 6.07 Å². The normalized spacial score (nSPS) is 17.8. The summed E-state index contributed by atoms with van der Waals surface area (Å²) in [5, 5.41) is 7.91. The second kappa shape index (κ2) is 8.57. The monoisotopic (exact) mass is 401 g/mol. The van der Waals surface area contributed by atoms with Crippen molar-refractivity contribution in [2.75, 3.05) is 7.11 Å². The summed E-state index contributed by atoms with van der Waals surface area (Å²) in [6.45, 7) is 4.97. The van der Waals surface area contributed by atoms with E-state index in [9.17, 15) is 4.79 Å². The second-order valence-corrected chi connectivity index (χ2v) is 7.76. The number of carbonyl (C=O) groups is 1. The van der Waals surface area contributed by atoms with E-state index in [0.29, 0.717) is 5.56 Å². The number of nitrogens with one attached hydrogen (secondary N) is 1. The first-order chi connectivity index (χ1) is 14.5. The highest BCUT2D eigenvalue weighted by molar-refractivity contribution is 5.94. The number of hydrogen-bond donors (Lipinski definition) is 1. The second-order valence-electron chi connectivity index (χ2n) is 7.76. The fourth-order valence-corrected chi connectivity index (χ4v) is 4.17. The molecular weight excluding hydrogens is 374 g/mol. The molecule has 0 unspecified atom stereocenters. The summed E-state index contributed by atoms with van der Waals surface area (Å²) in [5.41, 5.74) is 5.38. The number of aryl methyl sites for hydroxylation is 1. The summed E-state index contributed by atoms with van der Waals surface area (Å²) in [6, 6.07) is 17.6. The molecule has 5 nitrogen and oxygen atoms in total. The van der Waals surface area contributed by atoms with Crippen LogP contribution in [0.2, 0.25) is 0 Å². The van der Waals surface area contributed by atoms with Crippen molar-refractivity contribution in [3.8, 4) is 5.75 Å². The first-order valence-electron chi connectivity index (χ1n) is 10.3. The first-order valence-corrected chi connectivity index (χ1v) is 10.3. The summed E-state index contributed by atoms with van der Waals surface area (Å²) < 4.78 is 7.24. The predicted molar refractivity (Wildman–Crippen MR) is 118 cm³/mol. The average molecular weight is 402 g/mol. The van der Waals surface area contributed by atoms with E-state index in [-0.39, 0.29) is 17.9 Å². The number of carbonyl (C=O) groups excluding carboxylic acids is 1. The third kappa shape index (κ3) is 4.15. The van der Waals surface area contributed by atoms with E-state index in [1.165, 1.54) is 16.8 Å². The lowest BCUT2D eigenvalue weighted by molar-refractivity contribution is 0.0944. The van der Waals surface area contributed by atoms with Gasteiger partial charge in [-0.05, 0) is 50.1 Å². The third-order valence-corrected chi connectivity index (χ3v) is 5.74. The molecule has 1 aliphatic rings. The molecule has 2 aromatic carbocycles. The number of ether oxygens (including phenoxy) is 1. The number of amides is 1. The number of methoxy groups -OCH3 is 1. The lowest BCUT2D eigenvalue weighted by atomic mass is 9.96. The minimum absolute atomic E-state index is 0.0147. The number of hydrogen-bond acceptors (Lipinski definition) is 3. The summed E-state index contributed by atoms with van der Waals surface area (Å²) in [4.78, 5) is 12.6. The van der Waals surface area contributed by atoms with Crippen LogP contribution in [0.15, 0.2) is 66.7 Å². The molecule has 1 amide bonds. The third-order valence-electron chi connectivity index (χ3n) is 5.74. The van der Waals surface area contributed by atoms with Crippen molar-refractivity contribution in [1.29, 1.82) is 0 Å². The van der Waals surface area contributed by atoms with Crippen LogP contribution in [-0.4, -0.2) is 28.8 Å². The van der Waals surface area contributed by atoms with Crippen molar-refractivity contribution in [3.63, 3.8) is 0 Å². The molecule has 4 rings (SSSR count). The SMILES string of the molecule is COc1ccc(C(=O)N[C@@H]2C=C[C@@H](c3c(C)nn(Cc4ccccc4)c3C)C2)cc1. The zero-order valence-corrected chi connectivity index (χ0v) is 17.6. The molecule has 2 atom stereocenters. The molecule has 154 valence electrons. The Morgan fingerprint density at radius 1 is 1.10 bits per heavy atom. The van der Waals surface area contributed by atoms with Gasteiger partial charge in [0.25, 0.3) is 5.91 Å². The van der Waals surface area contributed by atoms with Crippen molar-refractivity contribution in [2.45, 2.75) is 38.8 Å². The Hall–Kier alpha value is -3.34. The zero-order valence-electron chi connectivity index (χ0n) is 17.6. The van der Waals surface area contributed by atoms with Crippen molar-refractivity contribution in [2.24, 2.45) is 0 Å². The van der Waals surface area contributed by atoms with Crippen LogP contribution in [0, 0.1) is 13.8 Å². The number of aromatic nitrogens is 2. The Balaban J connectivity index is 1.43. The highest BCUT2D eigenvalue weighted by Gasteiger charge is 2.27. The van der Waals surface area contributed by atoms with E-state index in [1.54, 1.807) is 31.4 Å². The van der Waals surface area contributed by atoms with Crippen LogP contribution in [0.4, 0.5) is 0 Å². The van der Waals surface area contributed by atoms with Crippen molar-refractivity contribution >= 4 is 5.91 Å². The highest BCUT2D eigenvalue weighted by Crippen LogP contribution is 2.33. The van der Waals surface area contributed by atoms with E-state index in [0.717, 1.165) is 24.4 Å². The maximum Gasteiger partial charge on any atom is 0.251 e. The molecule has 0 spiro atoms. The topological polar surface area (TPSA) is 56.1 Å². The Bertz CT molecular complexity index is 1050. The number of allylic oxidation sites excluding steroid dienone is 1. The Kier molecular flexibility index (Phi) is 5.70. The van der Waals surface area contributed by atoms with E-state index < -0.39 is 0 Å². The number of benzene rings is 2. The summed E-state index contributed by atoms with van der Waals surface area (Å²) >= 11 is 0. The van der Waals surface area contributed by atoms with Gasteiger partial charge in [0.15, 0.2) is 0 Å². The van der Waals surface area contributed by atoms with Crippen molar-refractivity contribution < 1.29 is 9.53 Å². The molecule has 1 aromatic heterocycles. The zero-order chi connectivity index (χ0) is 21.1. The molecule has 0 bridgehead atoms. The van der Waals surface area contributed by atoms with Gasteiger partial charge < -0.3 is 10.1 Å². The van der Waals surface area contributed by atoms with Crippen LogP contribution in [0.25, 0.3) is 0 Å². The smallest absolute Gasteiger partial charge is 0.251 e. The molecule has 0 aliphatic heterocycles. The molecule has 1 aliphatic carbocycles. The lowest BCUT2D eigenvalue weighted by Gasteiger charge is -2.15. The van der Waals surface area contributed by atoms with Gasteiger partial charge in [-0.3, -0.25) is 9.48 Å². The first kappa shape index (κ1) is 20.0. The number of nitrogens with zero attached hydrogens (tertiary/aromatic N) is 2. The molecule has 5 heteroatoms. The Morgan fingerprint density at radius 3 is 2.53 bits per heavy atom. The molecule has 0 saturated heterocycles. The fraction of sp³-hybridized carbons (Fsp3) is 0.280. The molecule has 0 radical (unpaired) electrons. The van der Waals surface area contributed by atoms with Crippen LogP contribution in [-0.2, 0) is 6.54 Å². The lowest BCUT2D eigenvalue weighted by Crippen LogP contribution is -2.32. The van der Waals surface area contributed by atoms with Gasteiger partial charge in [-0.15, -0.1) is 0 Å². The van der Waals surface area contributed by atoms with E-state index in [2.05, 4.69) is 60.3 Å². The Morgan fingerprint density at radius 2 is 1.83 bits per heavy atom. The molecular formula is C25H27N3O2. The van der Waals surface area contributed by atoms with Crippen molar-refractivity contribution in [1.82, 2.24) is 15.1 Å². The van der Waals surface area contributed by atoms with Gasteiger partial charge in [0, 0.05) is 28.8 Å². The van der Waals surface area contributed by atoms with Gasteiger partial charge in [0.2, 0.25) is 0 Å². The quantitative estimate of drug-likeness (QED) is 0.623. The summed E-state index contributed by atoms with van der Waals surface area (Å²) in [7, 11) is 1.62. The predicted octanol–water partition coefficient (Wildman–Crippen LogP) is 4.40. The minimum Gasteiger partial charge on any atom is -0.497 e. The fourth-order valence-electron chi connectivity index (χ4n) is 4.17. The molecule has 1 N–H and O–H groups in total. The maximum atomic E-state index is 12.6. The van der Waals surface area contributed by atoms with E-state index in [4.69, 9.17) is 9.84 Å². The van der Waals surface area contributed by atoms with Gasteiger partial charge in [0.1, 0.15) is 5.75 Å². The van der Waals surface area contributed by atoms with Gasteiger partial charge in [-0.25, -0.2) is 0 Å². The van der Waals surface area contributed by atoms with Gasteiger partial charge in [-0.2, -0.15) is 5.10 Å². The highest BCUT2D eigenvalue weighted by atomic mass is 16.5. The molecule has 30 heavy (non-hydrogen) atoms. The van der Waals surface area contributed by atoms with Crippen molar-refractivity contribution in [3.05, 3.63) is 94.8 Å². The molecule has 1 heterocycles. The standard InChI is InChI=1S/C25H27N3O2/c1-17-24(18(2)28(27-17)16-19-7-5-4-6-8-19)21-9-12-22(15-21)26-25(29)20-10-13-23(30-3)14-11-20/h4-14,21-22H,15-16H2,1-3H3,(H,26,29)/t21-,22-/m1/s1. The van der Waals surface area contributed by atoms with Crippen LogP contribution < -0.4 is 10.1 Å². The van der Waals surface area contributed by atoms with E-state index >= 15 is 0 Å². The van der Waals surface area contributed by atoms with Gasteiger partial charge >= 0.3 is 0 Å². The van der Waals surface area contributed by atoms with Crippen LogP contribution >= 0.6 is 0 Å². The largest absolute Gasteiger partial charge is 0.497 e. The van der Waals surface area contributed by atoms with Crippen LogP contribution in [0.5, 0.6) is 5.75 Å². The summed E-state index contributed by atoms with van der Waals surface area (Å²) in [6.07, 6.45) is 5.14. The Labute approximate surface area is 177 Å². The molecule has 0 fully saturated rings.